The second-order valence-electron chi connectivity index (χ2n) is 3.95. The van der Waals surface area contributed by atoms with E-state index in [9.17, 15) is 8.42 Å². The quantitative estimate of drug-likeness (QED) is 0.910. The highest BCUT2D eigenvalue weighted by Gasteiger charge is 2.19. The minimum Gasteiger partial charge on any atom is -0.395 e. The van der Waals surface area contributed by atoms with Gasteiger partial charge in [-0.3, -0.25) is 0 Å². The van der Waals surface area contributed by atoms with Crippen molar-refractivity contribution in [1.29, 1.82) is 0 Å². The molecule has 0 aliphatic heterocycles. The first kappa shape index (κ1) is 13.8. The van der Waals surface area contributed by atoms with Crippen LogP contribution in [-0.4, -0.2) is 26.2 Å². The summed E-state index contributed by atoms with van der Waals surface area (Å²) < 4.78 is 27.5. The highest BCUT2D eigenvalue weighted by atomic mass is 35.5. The van der Waals surface area contributed by atoms with E-state index in [1.807, 2.05) is 0 Å². The maximum Gasteiger partial charge on any atom is 0.250 e. The molecular formula is C11H12ClNO3S2. The Morgan fingerprint density at radius 3 is 2.83 bits per heavy atom. The molecule has 2 aromatic rings. The first-order valence-corrected chi connectivity index (χ1v) is 7.92. The monoisotopic (exact) mass is 305 g/mol. The number of aliphatic hydroxyl groups is 1. The maximum atomic E-state index is 12.0. The topological polar surface area (TPSA) is 66.4 Å². The molecule has 2 N–H and O–H groups in total. The molecule has 4 nitrogen and oxygen atoms in total. The Hall–Kier alpha value is -0.660. The summed E-state index contributed by atoms with van der Waals surface area (Å²) >= 11 is 7.03. The van der Waals surface area contributed by atoms with Crippen LogP contribution < -0.4 is 4.72 Å². The minimum absolute atomic E-state index is 0.222. The van der Waals surface area contributed by atoms with Crippen LogP contribution in [0.1, 0.15) is 6.92 Å². The molecule has 0 spiro atoms. The fourth-order valence-electron chi connectivity index (χ4n) is 1.48. The maximum absolute atomic E-state index is 12.0. The average molecular weight is 306 g/mol. The number of benzene rings is 1. The van der Waals surface area contributed by atoms with Crippen LogP contribution >= 0.6 is 22.9 Å². The largest absolute Gasteiger partial charge is 0.395 e. The van der Waals surface area contributed by atoms with Gasteiger partial charge in [-0.1, -0.05) is 11.6 Å². The van der Waals surface area contributed by atoms with E-state index in [0.29, 0.717) is 5.02 Å². The number of nitrogens with one attached hydrogen (secondary N) is 1. The summed E-state index contributed by atoms with van der Waals surface area (Å²) in [7, 11) is -3.58. The van der Waals surface area contributed by atoms with Crippen molar-refractivity contribution in [3.8, 4) is 0 Å². The van der Waals surface area contributed by atoms with Crippen LogP contribution in [0, 0.1) is 0 Å². The lowest BCUT2D eigenvalue weighted by Crippen LogP contribution is -2.34. The molecule has 0 amide bonds. The molecule has 1 atom stereocenters. The molecule has 1 aromatic heterocycles. The lowest BCUT2D eigenvalue weighted by Gasteiger charge is -2.09. The van der Waals surface area contributed by atoms with Gasteiger partial charge in [-0.15, -0.1) is 11.3 Å². The SMILES string of the molecule is CC(CO)NS(=O)(=O)c1cc2cc(Cl)ccc2s1. The van der Waals surface area contributed by atoms with E-state index >= 15 is 0 Å². The highest BCUT2D eigenvalue weighted by Crippen LogP contribution is 2.30. The van der Waals surface area contributed by atoms with Crippen LogP contribution in [0.4, 0.5) is 0 Å². The molecule has 18 heavy (non-hydrogen) atoms. The number of aliphatic hydroxyl groups excluding tert-OH is 1. The molecule has 1 aromatic carbocycles. The molecule has 0 saturated carbocycles. The number of hydrogen-bond donors (Lipinski definition) is 2. The zero-order chi connectivity index (χ0) is 13.3. The fourth-order valence-corrected chi connectivity index (χ4v) is 4.29. The summed E-state index contributed by atoms with van der Waals surface area (Å²) in [6, 6.07) is 6.31. The summed E-state index contributed by atoms with van der Waals surface area (Å²) in [6.07, 6.45) is 0. The molecule has 2 rings (SSSR count). The van der Waals surface area contributed by atoms with Gasteiger partial charge in [0, 0.05) is 15.8 Å². The van der Waals surface area contributed by atoms with Gasteiger partial charge in [-0.2, -0.15) is 0 Å². The van der Waals surface area contributed by atoms with Crippen molar-refractivity contribution in [2.24, 2.45) is 0 Å². The van der Waals surface area contributed by atoms with Gasteiger partial charge in [-0.05, 0) is 36.6 Å². The van der Waals surface area contributed by atoms with Crippen LogP contribution in [0.25, 0.3) is 10.1 Å². The second kappa shape index (κ2) is 5.14. The third-order valence-electron chi connectivity index (χ3n) is 2.35. The zero-order valence-corrected chi connectivity index (χ0v) is 11.9. The highest BCUT2D eigenvalue weighted by molar-refractivity contribution is 7.91. The van der Waals surface area contributed by atoms with Crippen molar-refractivity contribution in [2.75, 3.05) is 6.61 Å². The number of fused-ring (bicyclic) bond motifs is 1. The van der Waals surface area contributed by atoms with Gasteiger partial charge in [0.25, 0.3) is 0 Å². The number of thiophene rings is 1. The Bertz CT molecular complexity index is 666. The van der Waals surface area contributed by atoms with E-state index in [1.54, 1.807) is 31.2 Å². The number of sulfonamides is 1. The van der Waals surface area contributed by atoms with Crippen molar-refractivity contribution >= 4 is 43.0 Å². The third-order valence-corrected chi connectivity index (χ3v) is 5.77. The average Bonchev–Trinajstić information content (AvgIpc) is 2.71. The predicted molar refractivity (Wildman–Crippen MR) is 73.7 cm³/mol. The van der Waals surface area contributed by atoms with Crippen molar-refractivity contribution in [1.82, 2.24) is 4.72 Å². The number of hydrogen-bond acceptors (Lipinski definition) is 4. The van der Waals surface area contributed by atoms with Gasteiger partial charge in [0.15, 0.2) is 0 Å². The normalized spacial score (nSPS) is 13.9. The Balaban J connectivity index is 2.42. The van der Waals surface area contributed by atoms with Gasteiger partial charge in [0.05, 0.1) is 6.61 Å². The fraction of sp³-hybridized carbons (Fsp3) is 0.273. The summed E-state index contributed by atoms with van der Waals surface area (Å²) in [6.45, 7) is 1.36. The van der Waals surface area contributed by atoms with Gasteiger partial charge < -0.3 is 5.11 Å². The van der Waals surface area contributed by atoms with E-state index in [-0.39, 0.29) is 10.8 Å². The van der Waals surface area contributed by atoms with Crippen molar-refractivity contribution in [2.45, 2.75) is 17.2 Å². The number of rotatable bonds is 4. The molecule has 0 saturated heterocycles. The van der Waals surface area contributed by atoms with Crippen molar-refractivity contribution in [3.05, 3.63) is 29.3 Å². The molecule has 1 unspecified atom stereocenters. The Morgan fingerprint density at radius 2 is 2.17 bits per heavy atom. The van der Waals surface area contributed by atoms with E-state index in [4.69, 9.17) is 16.7 Å². The minimum atomic E-state index is -3.58. The second-order valence-corrected chi connectivity index (χ2v) is 7.41. The molecule has 1 heterocycles. The first-order chi connectivity index (χ1) is 8.42. The van der Waals surface area contributed by atoms with Gasteiger partial charge in [0.1, 0.15) is 4.21 Å². The molecular weight excluding hydrogens is 294 g/mol. The lowest BCUT2D eigenvalue weighted by molar-refractivity contribution is 0.265. The van der Waals surface area contributed by atoms with Gasteiger partial charge in [-0.25, -0.2) is 13.1 Å². The van der Waals surface area contributed by atoms with E-state index < -0.39 is 16.1 Å². The van der Waals surface area contributed by atoms with Crippen LogP contribution in [-0.2, 0) is 10.0 Å². The van der Waals surface area contributed by atoms with Crippen LogP contribution in [0.2, 0.25) is 5.02 Å². The summed E-state index contributed by atoms with van der Waals surface area (Å²) in [5, 5.41) is 10.2. The Morgan fingerprint density at radius 1 is 1.44 bits per heavy atom. The summed E-state index contributed by atoms with van der Waals surface area (Å²) in [5.74, 6) is 0. The lowest BCUT2D eigenvalue weighted by atomic mass is 10.3. The van der Waals surface area contributed by atoms with Crippen LogP contribution in [0.15, 0.2) is 28.5 Å². The van der Waals surface area contributed by atoms with Crippen LogP contribution in [0.5, 0.6) is 0 Å². The molecule has 7 heteroatoms. The Labute approximate surface area is 114 Å². The third kappa shape index (κ3) is 2.84. The standard InChI is InChI=1S/C11H12ClNO3S2/c1-7(6-14)13-18(15,16)11-5-8-4-9(12)2-3-10(8)17-11/h2-5,7,13-14H,6H2,1H3. The molecule has 0 fully saturated rings. The first-order valence-electron chi connectivity index (χ1n) is 5.24. The van der Waals surface area contributed by atoms with Crippen LogP contribution in [0.3, 0.4) is 0 Å². The van der Waals surface area contributed by atoms with E-state index in [0.717, 1.165) is 10.1 Å². The number of halogens is 1. The van der Waals surface area contributed by atoms with Crippen molar-refractivity contribution in [3.63, 3.8) is 0 Å². The summed E-state index contributed by atoms with van der Waals surface area (Å²) in [5.41, 5.74) is 0. The smallest absolute Gasteiger partial charge is 0.250 e. The molecule has 0 bridgehead atoms. The molecule has 0 aliphatic rings. The van der Waals surface area contributed by atoms with Crippen molar-refractivity contribution < 1.29 is 13.5 Å². The predicted octanol–water partition coefficient (Wildman–Crippen LogP) is 2.21. The van der Waals surface area contributed by atoms with E-state index in [1.165, 1.54) is 11.3 Å². The zero-order valence-electron chi connectivity index (χ0n) is 9.55. The van der Waals surface area contributed by atoms with Gasteiger partial charge >= 0.3 is 0 Å². The van der Waals surface area contributed by atoms with Gasteiger partial charge in [0.2, 0.25) is 10.0 Å². The molecule has 98 valence electrons. The summed E-state index contributed by atoms with van der Waals surface area (Å²) in [4.78, 5) is 0. The van der Waals surface area contributed by atoms with E-state index in [2.05, 4.69) is 4.72 Å². The molecule has 0 aliphatic carbocycles. The Kier molecular flexibility index (Phi) is 3.93. The molecule has 0 radical (unpaired) electrons.